The quantitative estimate of drug-likeness (QED) is 0.422. The van der Waals surface area contributed by atoms with Gasteiger partial charge in [0.25, 0.3) is 0 Å². The van der Waals surface area contributed by atoms with E-state index in [9.17, 15) is 0 Å². The Hall–Kier alpha value is -2.87. The van der Waals surface area contributed by atoms with Crippen LogP contribution in [-0.4, -0.2) is 76.1 Å². The van der Waals surface area contributed by atoms with Crippen molar-refractivity contribution in [2.24, 2.45) is 0 Å². The van der Waals surface area contributed by atoms with Crippen molar-refractivity contribution in [3.8, 4) is 0 Å². The fourth-order valence-corrected chi connectivity index (χ4v) is 4.93. The van der Waals surface area contributed by atoms with E-state index in [4.69, 9.17) is 19.2 Å². The van der Waals surface area contributed by atoms with Crippen LogP contribution in [0.5, 0.6) is 0 Å². The minimum Gasteiger partial charge on any atom is -0.379 e. The molecular weight excluding hydrogens is 462 g/mol. The number of hydrogen-bond donors (Lipinski definition) is 1. The number of benzene rings is 3. The number of pyridine rings is 1. The molecule has 6 nitrogen and oxygen atoms in total. The van der Waals surface area contributed by atoms with Crippen molar-refractivity contribution in [3.63, 3.8) is 0 Å². The van der Waals surface area contributed by atoms with E-state index in [0.717, 1.165) is 31.9 Å². The summed E-state index contributed by atoms with van der Waals surface area (Å²) in [7, 11) is 2.11. The van der Waals surface area contributed by atoms with Crippen molar-refractivity contribution in [1.82, 2.24) is 15.2 Å². The topological polar surface area (TPSA) is 55.9 Å². The van der Waals surface area contributed by atoms with Crippen molar-refractivity contribution in [2.75, 3.05) is 66.3 Å². The van der Waals surface area contributed by atoms with Crippen LogP contribution < -0.4 is 5.32 Å². The number of hydrogen-bond acceptors (Lipinski definition) is 6. The third kappa shape index (κ3) is 6.72. The summed E-state index contributed by atoms with van der Waals surface area (Å²) < 4.78 is 18.7. The maximum atomic E-state index is 6.76. The van der Waals surface area contributed by atoms with Crippen molar-refractivity contribution in [3.05, 3.63) is 90.3 Å². The number of rotatable bonds is 3. The summed E-state index contributed by atoms with van der Waals surface area (Å²) in [6.45, 7) is 6.29. The summed E-state index contributed by atoms with van der Waals surface area (Å²) in [6.07, 6.45) is 2.51. The Labute approximate surface area is 219 Å². The molecule has 0 spiro atoms. The molecule has 2 heterocycles. The van der Waals surface area contributed by atoms with Crippen LogP contribution >= 0.6 is 0 Å². The fraction of sp³-hybridized carbons (Fsp3) is 0.387. The molecule has 0 aliphatic carbocycles. The Balaban J connectivity index is 1.46. The van der Waals surface area contributed by atoms with E-state index in [0.29, 0.717) is 39.5 Å². The maximum Gasteiger partial charge on any atom is 0.137 e. The molecule has 1 fully saturated rings. The van der Waals surface area contributed by atoms with E-state index in [1.54, 1.807) is 0 Å². The SMILES string of the molecule is CN1CCOCCNCCOCC(Cc2ccc3cc4ccccc4cc3c2)(c2ccccn2)OCC1. The van der Waals surface area contributed by atoms with E-state index in [1.807, 2.05) is 18.3 Å². The van der Waals surface area contributed by atoms with Gasteiger partial charge in [-0.25, -0.2) is 0 Å². The Morgan fingerprint density at radius 3 is 2.32 bits per heavy atom. The van der Waals surface area contributed by atoms with Gasteiger partial charge in [0.15, 0.2) is 0 Å². The van der Waals surface area contributed by atoms with E-state index in [1.165, 1.54) is 27.1 Å². The highest BCUT2D eigenvalue weighted by Gasteiger charge is 2.36. The van der Waals surface area contributed by atoms with Crippen LogP contribution in [0.25, 0.3) is 21.5 Å². The molecule has 1 saturated heterocycles. The zero-order chi connectivity index (χ0) is 25.3. The van der Waals surface area contributed by atoms with E-state index in [2.05, 4.69) is 77.9 Å². The van der Waals surface area contributed by atoms with Crippen LogP contribution in [0.3, 0.4) is 0 Å². The van der Waals surface area contributed by atoms with Gasteiger partial charge in [0, 0.05) is 38.8 Å². The van der Waals surface area contributed by atoms with Crippen molar-refractivity contribution in [1.29, 1.82) is 0 Å². The lowest BCUT2D eigenvalue weighted by Crippen LogP contribution is -2.41. The van der Waals surface area contributed by atoms with Gasteiger partial charge in [0.1, 0.15) is 5.60 Å². The van der Waals surface area contributed by atoms with E-state index < -0.39 is 5.60 Å². The molecule has 6 heteroatoms. The van der Waals surface area contributed by atoms with Crippen LogP contribution in [0.4, 0.5) is 0 Å². The van der Waals surface area contributed by atoms with Gasteiger partial charge in [0.2, 0.25) is 0 Å². The summed E-state index contributed by atoms with van der Waals surface area (Å²) in [6, 6.07) is 25.8. The molecule has 3 aromatic carbocycles. The van der Waals surface area contributed by atoms with Crippen LogP contribution in [0, 0.1) is 0 Å². The molecule has 1 unspecified atom stereocenters. The van der Waals surface area contributed by atoms with Crippen LogP contribution in [0.1, 0.15) is 11.3 Å². The third-order valence-electron chi connectivity index (χ3n) is 7.04. The lowest BCUT2D eigenvalue weighted by atomic mass is 9.89. The van der Waals surface area contributed by atoms with Gasteiger partial charge in [-0.05, 0) is 58.4 Å². The Morgan fingerprint density at radius 1 is 0.784 bits per heavy atom. The number of likely N-dealkylation sites (N-methyl/N-ethyl adjacent to an activating group) is 1. The molecule has 4 aromatic rings. The van der Waals surface area contributed by atoms with Crippen molar-refractivity contribution < 1.29 is 14.2 Å². The highest BCUT2D eigenvalue weighted by atomic mass is 16.5. The first kappa shape index (κ1) is 25.8. The molecule has 37 heavy (non-hydrogen) atoms. The molecule has 1 aliphatic heterocycles. The highest BCUT2D eigenvalue weighted by molar-refractivity contribution is 5.98. The zero-order valence-corrected chi connectivity index (χ0v) is 21.7. The van der Waals surface area contributed by atoms with Gasteiger partial charge in [0.05, 0.1) is 38.7 Å². The van der Waals surface area contributed by atoms with Gasteiger partial charge in [-0.15, -0.1) is 0 Å². The number of ether oxygens (including phenoxy) is 3. The van der Waals surface area contributed by atoms with Gasteiger partial charge in [-0.3, -0.25) is 4.98 Å². The average Bonchev–Trinajstić information content (AvgIpc) is 2.93. The summed E-state index contributed by atoms with van der Waals surface area (Å²) in [5.74, 6) is 0. The summed E-state index contributed by atoms with van der Waals surface area (Å²) in [5.41, 5.74) is 1.41. The summed E-state index contributed by atoms with van der Waals surface area (Å²) >= 11 is 0. The standard InChI is InChI=1S/C31H37N3O3/c1-34-14-18-35-16-12-32-13-17-36-24-31(37-19-15-34,30-8-4-5-11-33-30)23-25-9-10-28-21-26-6-2-3-7-27(26)22-29(28)20-25/h2-11,20-22,32H,12-19,23-24H2,1H3. The molecule has 5 rings (SSSR count). The van der Waals surface area contributed by atoms with E-state index >= 15 is 0 Å². The second kappa shape index (κ2) is 12.6. The van der Waals surface area contributed by atoms with Crippen LogP contribution in [0.2, 0.25) is 0 Å². The lowest BCUT2D eigenvalue weighted by molar-refractivity contribution is -0.109. The van der Waals surface area contributed by atoms with E-state index in [-0.39, 0.29) is 0 Å². The molecule has 0 saturated carbocycles. The largest absolute Gasteiger partial charge is 0.379 e. The highest BCUT2D eigenvalue weighted by Crippen LogP contribution is 2.32. The van der Waals surface area contributed by atoms with Crippen molar-refractivity contribution >= 4 is 21.5 Å². The molecule has 0 bridgehead atoms. The summed E-state index contributed by atoms with van der Waals surface area (Å²) in [4.78, 5) is 7.00. The molecule has 1 aliphatic rings. The van der Waals surface area contributed by atoms with Gasteiger partial charge in [-0.2, -0.15) is 0 Å². The first-order valence-corrected chi connectivity index (χ1v) is 13.2. The van der Waals surface area contributed by atoms with Crippen LogP contribution in [0.15, 0.2) is 79.0 Å². The normalized spacial score (nSPS) is 21.4. The third-order valence-corrected chi connectivity index (χ3v) is 7.04. The molecule has 1 atom stereocenters. The molecule has 1 aromatic heterocycles. The van der Waals surface area contributed by atoms with Gasteiger partial charge in [-0.1, -0.05) is 48.5 Å². The number of nitrogens with zero attached hydrogens (tertiary/aromatic N) is 2. The first-order chi connectivity index (χ1) is 18.2. The van der Waals surface area contributed by atoms with Gasteiger partial charge < -0.3 is 24.4 Å². The average molecular weight is 500 g/mol. The lowest BCUT2D eigenvalue weighted by Gasteiger charge is -2.34. The fourth-order valence-electron chi connectivity index (χ4n) is 4.93. The molecule has 0 radical (unpaired) electrons. The second-order valence-electron chi connectivity index (χ2n) is 9.83. The smallest absolute Gasteiger partial charge is 0.137 e. The second-order valence-corrected chi connectivity index (χ2v) is 9.83. The first-order valence-electron chi connectivity index (χ1n) is 13.2. The molecule has 1 N–H and O–H groups in total. The zero-order valence-electron chi connectivity index (χ0n) is 21.7. The minimum atomic E-state index is -0.691. The number of aromatic nitrogens is 1. The number of nitrogens with one attached hydrogen (secondary N) is 1. The predicted octanol–water partition coefficient (Wildman–Crippen LogP) is 4.41. The summed E-state index contributed by atoms with van der Waals surface area (Å²) in [5, 5.41) is 8.38. The molecule has 194 valence electrons. The predicted molar refractivity (Wildman–Crippen MR) is 149 cm³/mol. The Morgan fingerprint density at radius 2 is 1.51 bits per heavy atom. The number of fused-ring (bicyclic) bond motifs is 2. The maximum absolute atomic E-state index is 6.76. The Bertz CT molecular complexity index is 1280. The van der Waals surface area contributed by atoms with Gasteiger partial charge >= 0.3 is 0 Å². The monoisotopic (exact) mass is 499 g/mol. The molecular formula is C31H37N3O3. The van der Waals surface area contributed by atoms with Crippen LogP contribution in [-0.2, 0) is 26.2 Å². The molecule has 0 amide bonds. The minimum absolute atomic E-state index is 0.432. The van der Waals surface area contributed by atoms with Crippen molar-refractivity contribution in [2.45, 2.75) is 12.0 Å². The Kier molecular flexibility index (Phi) is 8.76.